The lowest BCUT2D eigenvalue weighted by molar-refractivity contribution is 0.236. The van der Waals surface area contributed by atoms with Gasteiger partial charge in [0.2, 0.25) is 0 Å². The van der Waals surface area contributed by atoms with Gasteiger partial charge in [-0.15, -0.1) is 0 Å². The second-order valence-electron chi connectivity index (χ2n) is 6.73. The van der Waals surface area contributed by atoms with Crippen LogP contribution in [0.3, 0.4) is 0 Å². The third kappa shape index (κ3) is 5.15. The number of benzene rings is 2. The summed E-state index contributed by atoms with van der Waals surface area (Å²) in [4.78, 5) is 12.2. The van der Waals surface area contributed by atoms with E-state index in [9.17, 15) is 13.2 Å². The van der Waals surface area contributed by atoms with Gasteiger partial charge < -0.3 is 10.6 Å². The number of hydrogen-bond donors (Lipinski definition) is 2. The first kappa shape index (κ1) is 20.0. The summed E-state index contributed by atoms with van der Waals surface area (Å²) in [5, 5.41) is 6.88. The highest BCUT2D eigenvalue weighted by Gasteiger charge is 2.26. The molecule has 1 aliphatic rings. The highest BCUT2D eigenvalue weighted by molar-refractivity contribution is 7.89. The fourth-order valence-corrected chi connectivity index (χ4v) is 4.47. The highest BCUT2D eigenvalue weighted by Crippen LogP contribution is 2.38. The Labute approximate surface area is 169 Å². The van der Waals surface area contributed by atoms with Crippen molar-refractivity contribution in [2.24, 2.45) is 0 Å². The van der Waals surface area contributed by atoms with Crippen molar-refractivity contribution in [3.05, 3.63) is 68.7 Å². The first-order chi connectivity index (χ1) is 12.7. The number of rotatable bonds is 5. The molecule has 5 nitrogen and oxygen atoms in total. The van der Waals surface area contributed by atoms with E-state index in [2.05, 4.69) is 10.6 Å². The third-order valence-corrected chi connectivity index (χ3v) is 6.20. The second kappa shape index (κ2) is 8.09. The smallest absolute Gasteiger partial charge is 0.315 e. The molecule has 0 fully saturated rings. The molecule has 0 saturated carbocycles. The largest absolute Gasteiger partial charge is 0.334 e. The van der Waals surface area contributed by atoms with Crippen LogP contribution in [0.15, 0.2) is 36.4 Å². The van der Waals surface area contributed by atoms with Crippen LogP contribution in [-0.2, 0) is 28.6 Å². The second-order valence-corrected chi connectivity index (χ2v) is 9.66. The molecule has 0 heterocycles. The lowest BCUT2D eigenvalue weighted by Gasteiger charge is -2.15. The Kier molecular flexibility index (Phi) is 5.99. The molecule has 0 bridgehead atoms. The van der Waals surface area contributed by atoms with E-state index >= 15 is 0 Å². The molecular formula is C19H20Cl2N2O3S. The van der Waals surface area contributed by atoms with E-state index in [1.54, 1.807) is 18.2 Å². The molecule has 1 unspecified atom stereocenters. The number of hydrogen-bond acceptors (Lipinski definition) is 3. The molecule has 2 aromatic carbocycles. The molecule has 1 aliphatic carbocycles. The summed E-state index contributed by atoms with van der Waals surface area (Å²) >= 11 is 12.3. The molecule has 27 heavy (non-hydrogen) atoms. The number of urea groups is 1. The van der Waals surface area contributed by atoms with Crippen LogP contribution in [0.2, 0.25) is 10.0 Å². The maximum atomic E-state index is 12.2. The van der Waals surface area contributed by atoms with Gasteiger partial charge in [0.1, 0.15) is 0 Å². The molecule has 1 atom stereocenters. The molecule has 0 radical (unpaired) electrons. The summed E-state index contributed by atoms with van der Waals surface area (Å²) in [7, 11) is -3.06. The molecule has 0 spiro atoms. The minimum absolute atomic E-state index is 0.00879. The van der Waals surface area contributed by atoms with Gasteiger partial charge in [0.15, 0.2) is 9.84 Å². The normalized spacial score (nSPS) is 16.0. The molecule has 2 aromatic rings. The molecule has 2 N–H and O–H groups in total. The van der Waals surface area contributed by atoms with Crippen LogP contribution in [0.1, 0.15) is 34.7 Å². The van der Waals surface area contributed by atoms with Crippen LogP contribution in [-0.4, -0.2) is 20.7 Å². The fraction of sp³-hybridized carbons (Fsp3) is 0.316. The van der Waals surface area contributed by atoms with Crippen molar-refractivity contribution >= 4 is 39.1 Å². The van der Waals surface area contributed by atoms with Gasteiger partial charge in [0.25, 0.3) is 0 Å². The van der Waals surface area contributed by atoms with Crippen molar-refractivity contribution in [2.45, 2.75) is 31.2 Å². The van der Waals surface area contributed by atoms with Crippen LogP contribution in [0.25, 0.3) is 0 Å². The van der Waals surface area contributed by atoms with Gasteiger partial charge in [-0.2, -0.15) is 0 Å². The van der Waals surface area contributed by atoms with Crippen LogP contribution < -0.4 is 10.6 Å². The summed E-state index contributed by atoms with van der Waals surface area (Å²) in [6.45, 7) is 0.353. The monoisotopic (exact) mass is 426 g/mol. The zero-order chi connectivity index (χ0) is 19.6. The molecular weight excluding hydrogens is 407 g/mol. The Morgan fingerprint density at radius 1 is 1.11 bits per heavy atom. The minimum Gasteiger partial charge on any atom is -0.334 e. The maximum absolute atomic E-state index is 12.2. The Hall–Kier alpha value is -1.76. The minimum atomic E-state index is -3.06. The quantitative estimate of drug-likeness (QED) is 0.757. The van der Waals surface area contributed by atoms with E-state index in [0.717, 1.165) is 35.1 Å². The van der Waals surface area contributed by atoms with Gasteiger partial charge in [-0.05, 0) is 41.2 Å². The number of carbonyl (C=O) groups excluding carboxylic acids is 1. The predicted molar refractivity (Wildman–Crippen MR) is 108 cm³/mol. The Balaban J connectivity index is 1.55. The zero-order valence-electron chi connectivity index (χ0n) is 14.8. The molecule has 0 aromatic heterocycles. The van der Waals surface area contributed by atoms with Gasteiger partial charge in [0, 0.05) is 12.8 Å². The third-order valence-electron chi connectivity index (χ3n) is 4.50. The van der Waals surface area contributed by atoms with Gasteiger partial charge in [-0.3, -0.25) is 0 Å². The fourth-order valence-electron chi connectivity index (χ4n) is 3.23. The number of fused-ring (bicyclic) bond motifs is 1. The summed E-state index contributed by atoms with van der Waals surface area (Å²) in [5.74, 6) is 0.00879. The lowest BCUT2D eigenvalue weighted by Crippen LogP contribution is -2.36. The van der Waals surface area contributed by atoms with Gasteiger partial charge in [-0.1, -0.05) is 53.5 Å². The first-order valence-corrected chi connectivity index (χ1v) is 11.3. The number of carbonyl (C=O) groups is 1. The summed E-state index contributed by atoms with van der Waals surface area (Å²) in [6, 6.07) is 10.4. The SMILES string of the molecule is CS(=O)(=O)Cc1ccc(CNC(=O)NC2CCc3c2ccc(Cl)c3Cl)cc1. The molecule has 3 rings (SSSR count). The lowest BCUT2D eigenvalue weighted by atomic mass is 10.1. The first-order valence-electron chi connectivity index (χ1n) is 8.49. The van der Waals surface area contributed by atoms with Crippen LogP contribution in [0.4, 0.5) is 4.79 Å². The highest BCUT2D eigenvalue weighted by atomic mass is 35.5. The van der Waals surface area contributed by atoms with E-state index in [1.807, 2.05) is 18.2 Å². The van der Waals surface area contributed by atoms with Crippen molar-refractivity contribution < 1.29 is 13.2 Å². The number of amides is 2. The predicted octanol–water partition coefficient (Wildman–Crippen LogP) is 4.02. The Morgan fingerprint density at radius 3 is 2.44 bits per heavy atom. The van der Waals surface area contributed by atoms with E-state index in [0.29, 0.717) is 16.6 Å². The molecule has 0 saturated heterocycles. The average molecular weight is 427 g/mol. The molecule has 144 valence electrons. The van der Waals surface area contributed by atoms with Crippen molar-refractivity contribution in [2.75, 3.05) is 6.26 Å². The number of halogens is 2. The van der Waals surface area contributed by atoms with Gasteiger partial charge >= 0.3 is 6.03 Å². The van der Waals surface area contributed by atoms with E-state index in [4.69, 9.17) is 23.2 Å². The van der Waals surface area contributed by atoms with Crippen molar-refractivity contribution in [1.82, 2.24) is 10.6 Å². The van der Waals surface area contributed by atoms with Crippen molar-refractivity contribution in [3.8, 4) is 0 Å². The van der Waals surface area contributed by atoms with E-state index in [-0.39, 0.29) is 17.8 Å². The Bertz CT molecular complexity index is 960. The van der Waals surface area contributed by atoms with Crippen molar-refractivity contribution in [1.29, 1.82) is 0 Å². The summed E-state index contributed by atoms with van der Waals surface area (Å²) in [6.07, 6.45) is 2.76. The van der Waals surface area contributed by atoms with E-state index < -0.39 is 9.84 Å². The summed E-state index contributed by atoms with van der Waals surface area (Å²) < 4.78 is 22.6. The molecule has 8 heteroatoms. The maximum Gasteiger partial charge on any atom is 0.315 e. The summed E-state index contributed by atoms with van der Waals surface area (Å²) in [5.41, 5.74) is 3.62. The van der Waals surface area contributed by atoms with Crippen LogP contribution >= 0.6 is 23.2 Å². The standard InChI is InChI=1S/C19H20Cl2N2O3S/c1-27(25,26)11-13-4-2-12(3-5-13)10-22-19(24)23-17-9-7-15-14(17)6-8-16(20)18(15)21/h2-6,8,17H,7,9-11H2,1H3,(H2,22,23,24). The zero-order valence-corrected chi connectivity index (χ0v) is 17.1. The van der Waals surface area contributed by atoms with E-state index in [1.165, 1.54) is 6.26 Å². The Morgan fingerprint density at radius 2 is 1.78 bits per heavy atom. The van der Waals surface area contributed by atoms with Crippen LogP contribution in [0, 0.1) is 0 Å². The van der Waals surface area contributed by atoms with Gasteiger partial charge in [-0.25, -0.2) is 13.2 Å². The van der Waals surface area contributed by atoms with Crippen molar-refractivity contribution in [3.63, 3.8) is 0 Å². The van der Waals surface area contributed by atoms with Gasteiger partial charge in [0.05, 0.1) is 21.8 Å². The number of nitrogens with one attached hydrogen (secondary N) is 2. The van der Waals surface area contributed by atoms with Crippen LogP contribution in [0.5, 0.6) is 0 Å². The topological polar surface area (TPSA) is 75.3 Å². The average Bonchev–Trinajstić information content (AvgIpc) is 3.00. The molecule has 0 aliphatic heterocycles. The molecule has 2 amide bonds. The number of sulfone groups is 1.